The van der Waals surface area contributed by atoms with Crippen molar-refractivity contribution in [2.75, 3.05) is 20.2 Å². The van der Waals surface area contributed by atoms with Gasteiger partial charge in [-0.2, -0.15) is 4.31 Å². The number of nitrogens with zero attached hydrogens (tertiary/aromatic N) is 1. The average molecular weight is 303 g/mol. The van der Waals surface area contributed by atoms with Crippen molar-refractivity contribution in [2.45, 2.75) is 4.90 Å². The predicted octanol–water partition coefficient (Wildman–Crippen LogP) is -0.145. The Morgan fingerprint density at radius 3 is 1.90 bits per heavy atom. The van der Waals surface area contributed by atoms with Crippen LogP contribution in [0.2, 0.25) is 0 Å². The highest BCUT2D eigenvalue weighted by Gasteiger charge is 2.28. The van der Waals surface area contributed by atoms with E-state index in [-0.39, 0.29) is 4.90 Å². The molecule has 1 aromatic rings. The number of carboxylic acid groups (broad SMARTS) is 2. The van der Waals surface area contributed by atoms with Crippen LogP contribution in [0.25, 0.3) is 0 Å². The highest BCUT2D eigenvalue weighted by Crippen LogP contribution is 2.19. The van der Waals surface area contributed by atoms with Crippen LogP contribution in [0.5, 0.6) is 5.75 Å². The number of sulfonamides is 1. The van der Waals surface area contributed by atoms with E-state index >= 15 is 0 Å². The molecule has 1 aromatic carbocycles. The number of carboxylic acids is 2. The molecular formula is C11H13NO7S. The number of carbonyl (C=O) groups is 2. The molecule has 0 aliphatic heterocycles. The summed E-state index contributed by atoms with van der Waals surface area (Å²) < 4.78 is 29.6. The maximum Gasteiger partial charge on any atom is 0.318 e. The standard InChI is InChI=1S/C11H13NO7S/c1-19-8-2-4-9(5-3-8)20(17,18)12(6-10(13)14)7-11(15)16/h2-5H,6-7H2,1H3,(H,13,14)(H,15,16). The molecule has 8 nitrogen and oxygen atoms in total. The van der Waals surface area contributed by atoms with Gasteiger partial charge in [-0.3, -0.25) is 9.59 Å². The second kappa shape index (κ2) is 6.35. The topological polar surface area (TPSA) is 121 Å². The van der Waals surface area contributed by atoms with E-state index in [0.717, 1.165) is 0 Å². The number of aliphatic carboxylic acids is 2. The first-order chi connectivity index (χ1) is 9.27. The first-order valence-corrected chi connectivity index (χ1v) is 6.79. The monoisotopic (exact) mass is 303 g/mol. The Labute approximate surface area is 115 Å². The number of benzene rings is 1. The smallest absolute Gasteiger partial charge is 0.318 e. The number of rotatable bonds is 7. The molecular weight excluding hydrogens is 290 g/mol. The van der Waals surface area contributed by atoms with Gasteiger partial charge in [0.2, 0.25) is 10.0 Å². The van der Waals surface area contributed by atoms with Gasteiger partial charge >= 0.3 is 11.9 Å². The van der Waals surface area contributed by atoms with Crippen LogP contribution in [0.15, 0.2) is 29.2 Å². The molecule has 9 heteroatoms. The van der Waals surface area contributed by atoms with Gasteiger partial charge in [0, 0.05) is 0 Å². The minimum Gasteiger partial charge on any atom is -0.497 e. The molecule has 0 bridgehead atoms. The van der Waals surface area contributed by atoms with Crippen molar-refractivity contribution >= 4 is 22.0 Å². The lowest BCUT2D eigenvalue weighted by Crippen LogP contribution is -2.39. The maximum atomic E-state index is 12.2. The third-order valence-corrected chi connectivity index (χ3v) is 4.13. The van der Waals surface area contributed by atoms with Crippen LogP contribution in [0, 0.1) is 0 Å². The number of hydrogen-bond donors (Lipinski definition) is 2. The Kier molecular flexibility index (Phi) is 5.06. The lowest BCUT2D eigenvalue weighted by Gasteiger charge is -2.18. The highest BCUT2D eigenvalue weighted by atomic mass is 32.2. The van der Waals surface area contributed by atoms with E-state index in [1.165, 1.54) is 31.4 Å². The summed E-state index contributed by atoms with van der Waals surface area (Å²) in [5, 5.41) is 17.3. The molecule has 1 rings (SSSR count). The third-order valence-electron chi connectivity index (χ3n) is 2.32. The molecule has 110 valence electrons. The number of ether oxygens (including phenoxy) is 1. The summed E-state index contributed by atoms with van der Waals surface area (Å²) in [5.41, 5.74) is 0. The number of methoxy groups -OCH3 is 1. The van der Waals surface area contributed by atoms with Crippen LogP contribution in [0.4, 0.5) is 0 Å². The van der Waals surface area contributed by atoms with Gasteiger partial charge in [0.05, 0.1) is 12.0 Å². The molecule has 0 atom stereocenters. The zero-order valence-electron chi connectivity index (χ0n) is 10.5. The summed E-state index contributed by atoms with van der Waals surface area (Å²) in [4.78, 5) is 21.1. The van der Waals surface area contributed by atoms with Crippen LogP contribution in [0.3, 0.4) is 0 Å². The third kappa shape index (κ3) is 3.93. The molecule has 20 heavy (non-hydrogen) atoms. The molecule has 0 amide bonds. The molecule has 0 heterocycles. The van der Waals surface area contributed by atoms with Crippen molar-refractivity contribution < 1.29 is 33.0 Å². The predicted molar refractivity (Wildman–Crippen MR) is 67.0 cm³/mol. The van der Waals surface area contributed by atoms with Crippen LogP contribution >= 0.6 is 0 Å². The van der Waals surface area contributed by atoms with E-state index in [1.807, 2.05) is 0 Å². The van der Waals surface area contributed by atoms with Crippen molar-refractivity contribution in [3.8, 4) is 5.75 Å². The average Bonchev–Trinajstić information content (AvgIpc) is 2.37. The van der Waals surface area contributed by atoms with E-state index in [2.05, 4.69) is 0 Å². The number of hydrogen-bond acceptors (Lipinski definition) is 5. The lowest BCUT2D eigenvalue weighted by molar-refractivity contribution is -0.139. The van der Waals surface area contributed by atoms with Gasteiger partial charge in [-0.25, -0.2) is 8.42 Å². The summed E-state index contributed by atoms with van der Waals surface area (Å²) in [7, 11) is -2.79. The second-order valence-electron chi connectivity index (χ2n) is 3.74. The largest absolute Gasteiger partial charge is 0.497 e. The Morgan fingerprint density at radius 2 is 1.55 bits per heavy atom. The quantitative estimate of drug-likeness (QED) is 0.718. The van der Waals surface area contributed by atoms with Crippen LogP contribution in [-0.4, -0.2) is 55.1 Å². The highest BCUT2D eigenvalue weighted by molar-refractivity contribution is 7.89. The van der Waals surface area contributed by atoms with Gasteiger partial charge in [0.25, 0.3) is 0 Å². The molecule has 0 fully saturated rings. The zero-order chi connectivity index (χ0) is 15.3. The van der Waals surface area contributed by atoms with E-state index in [4.69, 9.17) is 14.9 Å². The minimum atomic E-state index is -4.20. The van der Waals surface area contributed by atoms with Crippen molar-refractivity contribution in [1.29, 1.82) is 0 Å². The summed E-state index contributed by atoms with van der Waals surface area (Å²) in [6, 6.07) is 5.19. The van der Waals surface area contributed by atoms with E-state index in [0.29, 0.717) is 10.1 Å². The summed E-state index contributed by atoms with van der Waals surface area (Å²) >= 11 is 0. The molecule has 0 radical (unpaired) electrons. The molecule has 0 unspecified atom stereocenters. The van der Waals surface area contributed by atoms with Crippen LogP contribution in [-0.2, 0) is 19.6 Å². The molecule has 0 aliphatic carbocycles. The Bertz CT molecular complexity index is 578. The molecule has 0 saturated heterocycles. The van der Waals surface area contributed by atoms with Crippen molar-refractivity contribution in [2.24, 2.45) is 0 Å². The Balaban J connectivity index is 3.13. The molecule has 0 aliphatic rings. The summed E-state index contributed by atoms with van der Waals surface area (Å²) in [6.45, 7) is -1.86. The fraction of sp³-hybridized carbons (Fsp3) is 0.273. The van der Waals surface area contributed by atoms with E-state index in [1.54, 1.807) is 0 Å². The summed E-state index contributed by atoms with van der Waals surface area (Å²) in [5.74, 6) is -2.46. The summed E-state index contributed by atoms with van der Waals surface area (Å²) in [6.07, 6.45) is 0. The maximum absolute atomic E-state index is 12.2. The first-order valence-electron chi connectivity index (χ1n) is 5.35. The fourth-order valence-corrected chi connectivity index (χ4v) is 2.76. The van der Waals surface area contributed by atoms with Gasteiger partial charge in [0.15, 0.2) is 0 Å². The van der Waals surface area contributed by atoms with Gasteiger partial charge in [-0.15, -0.1) is 0 Å². The molecule has 0 saturated carbocycles. The molecule has 2 N–H and O–H groups in total. The molecule has 0 spiro atoms. The molecule has 0 aromatic heterocycles. The Morgan fingerprint density at radius 1 is 1.10 bits per heavy atom. The van der Waals surface area contributed by atoms with Crippen LogP contribution < -0.4 is 4.74 Å². The van der Waals surface area contributed by atoms with Crippen LogP contribution in [0.1, 0.15) is 0 Å². The fourth-order valence-electron chi connectivity index (χ4n) is 1.42. The van der Waals surface area contributed by atoms with Gasteiger partial charge in [-0.1, -0.05) is 0 Å². The van der Waals surface area contributed by atoms with E-state index < -0.39 is 35.1 Å². The normalized spacial score (nSPS) is 11.3. The Hall–Kier alpha value is -2.13. The van der Waals surface area contributed by atoms with E-state index in [9.17, 15) is 18.0 Å². The van der Waals surface area contributed by atoms with Gasteiger partial charge < -0.3 is 14.9 Å². The minimum absolute atomic E-state index is 0.208. The lowest BCUT2D eigenvalue weighted by atomic mass is 10.3. The van der Waals surface area contributed by atoms with Crippen molar-refractivity contribution in [3.05, 3.63) is 24.3 Å². The van der Waals surface area contributed by atoms with Crippen molar-refractivity contribution in [1.82, 2.24) is 4.31 Å². The first kappa shape index (κ1) is 15.9. The van der Waals surface area contributed by atoms with Gasteiger partial charge in [-0.05, 0) is 24.3 Å². The zero-order valence-corrected chi connectivity index (χ0v) is 11.3. The van der Waals surface area contributed by atoms with Gasteiger partial charge in [0.1, 0.15) is 18.8 Å². The van der Waals surface area contributed by atoms with Crippen molar-refractivity contribution in [3.63, 3.8) is 0 Å². The SMILES string of the molecule is COc1ccc(S(=O)(=O)N(CC(=O)O)CC(=O)O)cc1. The second-order valence-corrected chi connectivity index (χ2v) is 5.67.